The second kappa shape index (κ2) is 5.21. The summed E-state index contributed by atoms with van der Waals surface area (Å²) in [7, 11) is 0. The van der Waals surface area contributed by atoms with Gasteiger partial charge in [0.2, 0.25) is 0 Å². The van der Waals surface area contributed by atoms with E-state index in [4.69, 9.17) is 0 Å². The Labute approximate surface area is 121 Å². The molecule has 0 fully saturated rings. The first-order valence-electron chi connectivity index (χ1n) is 6.76. The number of rotatable bonds is 3. The summed E-state index contributed by atoms with van der Waals surface area (Å²) in [4.78, 5) is 18.9. The molecule has 0 atom stereocenters. The second-order valence-electron chi connectivity index (χ2n) is 4.85. The van der Waals surface area contributed by atoms with Gasteiger partial charge < -0.3 is 0 Å². The zero-order chi connectivity index (χ0) is 14.1. The summed E-state index contributed by atoms with van der Waals surface area (Å²) in [5.41, 5.74) is 2.27. The van der Waals surface area contributed by atoms with Crippen LogP contribution >= 0.6 is 11.3 Å². The van der Waals surface area contributed by atoms with E-state index in [0.29, 0.717) is 0 Å². The van der Waals surface area contributed by atoms with Crippen LogP contribution < -0.4 is 5.56 Å². The van der Waals surface area contributed by atoms with Crippen molar-refractivity contribution in [1.29, 1.82) is 0 Å². The molecule has 0 aliphatic rings. The van der Waals surface area contributed by atoms with Crippen molar-refractivity contribution >= 4 is 21.6 Å². The van der Waals surface area contributed by atoms with Gasteiger partial charge in [0.1, 0.15) is 4.83 Å². The molecule has 0 saturated heterocycles. The molecule has 0 amide bonds. The fourth-order valence-corrected chi connectivity index (χ4v) is 3.57. The Morgan fingerprint density at radius 1 is 1.25 bits per heavy atom. The highest BCUT2D eigenvalue weighted by Gasteiger charge is 2.15. The van der Waals surface area contributed by atoms with E-state index in [2.05, 4.69) is 24.0 Å². The average molecular weight is 284 g/mol. The van der Waals surface area contributed by atoms with Crippen LogP contribution in [0.25, 0.3) is 20.7 Å². The summed E-state index contributed by atoms with van der Waals surface area (Å²) in [6, 6.07) is 10.2. The second-order valence-corrected chi connectivity index (χ2v) is 5.84. The quantitative estimate of drug-likeness (QED) is 0.732. The van der Waals surface area contributed by atoms with Gasteiger partial charge in [-0.25, -0.2) is 4.98 Å². The van der Waals surface area contributed by atoms with Crippen LogP contribution in [0.15, 0.2) is 41.5 Å². The maximum Gasteiger partial charge on any atom is 0.262 e. The molecule has 0 spiro atoms. The van der Waals surface area contributed by atoms with Gasteiger partial charge in [0.25, 0.3) is 5.56 Å². The SMILES string of the molecule is CCCn1cnc2sc(-c3ccccc3)c(C)c2c1=O. The molecule has 2 aromatic heterocycles. The minimum Gasteiger partial charge on any atom is -0.299 e. The van der Waals surface area contributed by atoms with Crippen molar-refractivity contribution in [3.05, 3.63) is 52.6 Å². The molecule has 0 bridgehead atoms. The maximum absolute atomic E-state index is 12.5. The van der Waals surface area contributed by atoms with Gasteiger partial charge in [-0.1, -0.05) is 37.3 Å². The minimum absolute atomic E-state index is 0.0766. The van der Waals surface area contributed by atoms with Crippen LogP contribution in [0.1, 0.15) is 18.9 Å². The number of benzene rings is 1. The Morgan fingerprint density at radius 2 is 2.00 bits per heavy atom. The molecule has 102 valence electrons. The average Bonchev–Trinajstić information content (AvgIpc) is 2.81. The van der Waals surface area contributed by atoms with Gasteiger partial charge in [-0.3, -0.25) is 9.36 Å². The van der Waals surface area contributed by atoms with Gasteiger partial charge in [0.05, 0.1) is 11.7 Å². The first-order valence-corrected chi connectivity index (χ1v) is 7.58. The van der Waals surface area contributed by atoms with E-state index in [9.17, 15) is 4.79 Å². The lowest BCUT2D eigenvalue weighted by Gasteiger charge is -2.02. The van der Waals surface area contributed by atoms with E-state index < -0.39 is 0 Å². The van der Waals surface area contributed by atoms with E-state index >= 15 is 0 Å². The van der Waals surface area contributed by atoms with Crippen molar-refractivity contribution in [1.82, 2.24) is 9.55 Å². The van der Waals surface area contributed by atoms with Gasteiger partial charge in [-0.2, -0.15) is 0 Å². The lowest BCUT2D eigenvalue weighted by Crippen LogP contribution is -2.20. The van der Waals surface area contributed by atoms with Crippen LogP contribution in [0, 0.1) is 6.92 Å². The Kier molecular flexibility index (Phi) is 3.40. The van der Waals surface area contributed by atoms with Crippen LogP contribution in [0.5, 0.6) is 0 Å². The summed E-state index contributed by atoms with van der Waals surface area (Å²) in [6.07, 6.45) is 2.60. The smallest absolute Gasteiger partial charge is 0.262 e. The normalized spacial score (nSPS) is 11.1. The molecule has 3 rings (SSSR count). The highest BCUT2D eigenvalue weighted by atomic mass is 32.1. The number of aromatic nitrogens is 2. The van der Waals surface area contributed by atoms with E-state index in [-0.39, 0.29) is 5.56 Å². The van der Waals surface area contributed by atoms with E-state index in [1.807, 2.05) is 25.1 Å². The number of nitrogens with zero attached hydrogens (tertiary/aromatic N) is 2. The number of hydrogen-bond acceptors (Lipinski definition) is 3. The fourth-order valence-electron chi connectivity index (χ4n) is 2.42. The molecule has 3 nitrogen and oxygen atoms in total. The van der Waals surface area contributed by atoms with E-state index in [0.717, 1.165) is 39.2 Å². The third-order valence-electron chi connectivity index (χ3n) is 3.42. The first-order chi connectivity index (χ1) is 9.72. The fraction of sp³-hybridized carbons (Fsp3) is 0.250. The van der Waals surface area contributed by atoms with Crippen molar-refractivity contribution in [2.24, 2.45) is 0 Å². The van der Waals surface area contributed by atoms with Gasteiger partial charge in [0.15, 0.2) is 0 Å². The molecule has 3 aromatic rings. The first kappa shape index (κ1) is 13.1. The molecular formula is C16H16N2OS. The number of fused-ring (bicyclic) bond motifs is 1. The maximum atomic E-state index is 12.5. The van der Waals surface area contributed by atoms with Crippen LogP contribution in [0.2, 0.25) is 0 Å². The summed E-state index contributed by atoms with van der Waals surface area (Å²) in [5.74, 6) is 0. The number of thiophene rings is 1. The predicted octanol–water partition coefficient (Wildman–Crippen LogP) is 3.84. The number of aryl methyl sites for hydroxylation is 2. The predicted molar refractivity (Wildman–Crippen MR) is 84.3 cm³/mol. The Bertz CT molecular complexity index is 802. The Morgan fingerprint density at radius 3 is 2.70 bits per heavy atom. The minimum atomic E-state index is 0.0766. The summed E-state index contributed by atoms with van der Waals surface area (Å²) < 4.78 is 1.71. The highest BCUT2D eigenvalue weighted by molar-refractivity contribution is 7.22. The summed E-state index contributed by atoms with van der Waals surface area (Å²) in [6.45, 7) is 4.80. The zero-order valence-electron chi connectivity index (χ0n) is 11.6. The molecule has 0 aliphatic heterocycles. The molecule has 0 aliphatic carbocycles. The van der Waals surface area contributed by atoms with E-state index in [1.165, 1.54) is 0 Å². The standard InChI is InChI=1S/C16H16N2OS/c1-3-9-18-10-17-15-13(16(18)19)11(2)14(20-15)12-7-5-4-6-8-12/h4-8,10H,3,9H2,1-2H3. The van der Waals surface area contributed by atoms with Crippen LogP contribution in [0.4, 0.5) is 0 Å². The lowest BCUT2D eigenvalue weighted by molar-refractivity contribution is 0.648. The van der Waals surface area contributed by atoms with Crippen LogP contribution in [-0.2, 0) is 6.54 Å². The third kappa shape index (κ3) is 2.06. The van der Waals surface area contributed by atoms with Crippen molar-refractivity contribution in [3.63, 3.8) is 0 Å². The van der Waals surface area contributed by atoms with Crippen molar-refractivity contribution in [3.8, 4) is 10.4 Å². The van der Waals surface area contributed by atoms with Crippen LogP contribution in [-0.4, -0.2) is 9.55 Å². The van der Waals surface area contributed by atoms with Crippen molar-refractivity contribution in [2.75, 3.05) is 0 Å². The van der Waals surface area contributed by atoms with Gasteiger partial charge in [-0.15, -0.1) is 11.3 Å². The Hall–Kier alpha value is -1.94. The number of hydrogen-bond donors (Lipinski definition) is 0. The van der Waals surface area contributed by atoms with Crippen LogP contribution in [0.3, 0.4) is 0 Å². The van der Waals surface area contributed by atoms with E-state index in [1.54, 1.807) is 22.2 Å². The van der Waals surface area contributed by atoms with Gasteiger partial charge in [0, 0.05) is 11.4 Å². The zero-order valence-corrected chi connectivity index (χ0v) is 12.4. The summed E-state index contributed by atoms with van der Waals surface area (Å²) >= 11 is 1.59. The Balaban J connectivity index is 2.26. The monoisotopic (exact) mass is 284 g/mol. The summed E-state index contributed by atoms with van der Waals surface area (Å²) in [5, 5.41) is 0.768. The topological polar surface area (TPSA) is 34.9 Å². The largest absolute Gasteiger partial charge is 0.299 e. The molecule has 20 heavy (non-hydrogen) atoms. The molecule has 1 aromatic carbocycles. The molecule has 2 heterocycles. The molecule has 0 N–H and O–H groups in total. The molecule has 0 unspecified atom stereocenters. The molecular weight excluding hydrogens is 268 g/mol. The highest BCUT2D eigenvalue weighted by Crippen LogP contribution is 2.35. The van der Waals surface area contributed by atoms with Gasteiger partial charge >= 0.3 is 0 Å². The van der Waals surface area contributed by atoms with Crippen molar-refractivity contribution in [2.45, 2.75) is 26.8 Å². The third-order valence-corrected chi connectivity index (χ3v) is 4.67. The van der Waals surface area contributed by atoms with Gasteiger partial charge in [-0.05, 0) is 24.5 Å². The molecule has 0 radical (unpaired) electrons. The lowest BCUT2D eigenvalue weighted by atomic mass is 10.1. The molecule has 0 saturated carbocycles. The molecule has 4 heteroatoms. The van der Waals surface area contributed by atoms with Crippen molar-refractivity contribution < 1.29 is 0 Å².